The van der Waals surface area contributed by atoms with Gasteiger partial charge in [0.2, 0.25) is 5.91 Å². The third-order valence-electron chi connectivity index (χ3n) is 2.60. The highest BCUT2D eigenvalue weighted by Crippen LogP contribution is 2.15. The van der Waals surface area contributed by atoms with E-state index < -0.39 is 29.9 Å². The maximum atomic E-state index is 11.9. The summed E-state index contributed by atoms with van der Waals surface area (Å²) in [5, 5.41) is 20.4. The Bertz CT molecular complexity index is 554. The third-order valence-corrected chi connectivity index (χ3v) is 3.03. The number of hydrogen-bond acceptors (Lipinski definition) is 5. The second-order valence-corrected chi connectivity index (χ2v) is 5.40. The molecule has 0 radical (unpaired) electrons. The average molecular weight is 363 g/mol. The quantitative estimate of drug-likeness (QED) is 0.658. The lowest BCUT2D eigenvalue weighted by molar-refractivity contribution is -0.156. The SMILES string of the molecule is CN(CC(=O)NCC(C)(O)C(=O)O)C(=O)c1ccc(Br)o1. The van der Waals surface area contributed by atoms with Crippen LogP contribution in [0.1, 0.15) is 17.5 Å². The van der Waals surface area contributed by atoms with E-state index in [0.717, 1.165) is 11.8 Å². The second kappa shape index (κ2) is 6.72. The number of rotatable bonds is 6. The van der Waals surface area contributed by atoms with Crippen LogP contribution in [-0.2, 0) is 9.59 Å². The molecule has 1 rings (SSSR count). The van der Waals surface area contributed by atoms with Crippen LogP contribution in [0.4, 0.5) is 0 Å². The first-order chi connectivity index (χ1) is 9.63. The van der Waals surface area contributed by atoms with Gasteiger partial charge in [0.15, 0.2) is 16.0 Å². The van der Waals surface area contributed by atoms with Crippen LogP contribution in [0.3, 0.4) is 0 Å². The molecule has 0 aliphatic rings. The fourth-order valence-corrected chi connectivity index (χ4v) is 1.61. The number of aliphatic carboxylic acids is 1. The molecule has 0 aliphatic heterocycles. The molecule has 0 saturated heterocycles. The van der Waals surface area contributed by atoms with Gasteiger partial charge in [0.25, 0.3) is 5.91 Å². The largest absolute Gasteiger partial charge is 0.479 e. The van der Waals surface area contributed by atoms with E-state index in [4.69, 9.17) is 9.52 Å². The summed E-state index contributed by atoms with van der Waals surface area (Å²) in [6.07, 6.45) is 0. The maximum Gasteiger partial charge on any atom is 0.337 e. The molecular weight excluding hydrogens is 348 g/mol. The average Bonchev–Trinajstić information content (AvgIpc) is 2.82. The minimum Gasteiger partial charge on any atom is -0.479 e. The topological polar surface area (TPSA) is 120 Å². The smallest absolute Gasteiger partial charge is 0.337 e. The summed E-state index contributed by atoms with van der Waals surface area (Å²) >= 11 is 3.06. The minimum atomic E-state index is -2.07. The molecule has 116 valence electrons. The van der Waals surface area contributed by atoms with Crippen molar-refractivity contribution in [3.8, 4) is 0 Å². The van der Waals surface area contributed by atoms with Crippen molar-refractivity contribution < 1.29 is 29.0 Å². The van der Waals surface area contributed by atoms with E-state index in [9.17, 15) is 19.5 Å². The van der Waals surface area contributed by atoms with E-state index in [1.54, 1.807) is 6.07 Å². The van der Waals surface area contributed by atoms with Crippen molar-refractivity contribution in [2.75, 3.05) is 20.1 Å². The lowest BCUT2D eigenvalue weighted by Gasteiger charge is -2.20. The van der Waals surface area contributed by atoms with Crippen molar-refractivity contribution in [2.24, 2.45) is 0 Å². The highest BCUT2D eigenvalue weighted by molar-refractivity contribution is 9.10. The molecule has 1 aromatic heterocycles. The number of aliphatic hydroxyl groups is 1. The molecule has 1 aromatic rings. The van der Waals surface area contributed by atoms with E-state index in [1.807, 2.05) is 0 Å². The molecule has 1 heterocycles. The van der Waals surface area contributed by atoms with Crippen molar-refractivity contribution in [2.45, 2.75) is 12.5 Å². The van der Waals surface area contributed by atoms with Gasteiger partial charge in [-0.05, 0) is 35.0 Å². The van der Waals surface area contributed by atoms with Gasteiger partial charge in [-0.2, -0.15) is 0 Å². The molecule has 0 spiro atoms. The summed E-state index contributed by atoms with van der Waals surface area (Å²) in [6, 6.07) is 3.00. The lowest BCUT2D eigenvalue weighted by atomic mass is 10.1. The van der Waals surface area contributed by atoms with Crippen molar-refractivity contribution in [1.82, 2.24) is 10.2 Å². The Hall–Kier alpha value is -1.87. The number of carboxylic acids is 1. The fourth-order valence-electron chi connectivity index (χ4n) is 1.31. The Balaban J connectivity index is 2.51. The van der Waals surface area contributed by atoms with Gasteiger partial charge in [-0.25, -0.2) is 4.79 Å². The highest BCUT2D eigenvalue weighted by atomic mass is 79.9. The number of carboxylic acid groups (broad SMARTS) is 1. The number of halogens is 1. The Labute approximate surface area is 128 Å². The number of nitrogens with one attached hydrogen (secondary N) is 1. The van der Waals surface area contributed by atoms with Gasteiger partial charge in [0, 0.05) is 7.05 Å². The molecule has 1 unspecified atom stereocenters. The molecule has 9 heteroatoms. The monoisotopic (exact) mass is 362 g/mol. The third kappa shape index (κ3) is 4.87. The Morgan fingerprint density at radius 2 is 2.05 bits per heavy atom. The number of carbonyl (C=O) groups is 3. The lowest BCUT2D eigenvalue weighted by Crippen LogP contribution is -2.48. The zero-order valence-electron chi connectivity index (χ0n) is 11.4. The summed E-state index contributed by atoms with van der Waals surface area (Å²) in [5.74, 6) is -2.48. The number of hydrogen-bond donors (Lipinski definition) is 3. The summed E-state index contributed by atoms with van der Waals surface area (Å²) in [4.78, 5) is 35.3. The molecule has 21 heavy (non-hydrogen) atoms. The van der Waals surface area contributed by atoms with Gasteiger partial charge in [0.1, 0.15) is 0 Å². The molecule has 3 N–H and O–H groups in total. The van der Waals surface area contributed by atoms with Gasteiger partial charge in [-0.1, -0.05) is 0 Å². The van der Waals surface area contributed by atoms with E-state index in [-0.39, 0.29) is 12.3 Å². The van der Waals surface area contributed by atoms with Crippen LogP contribution in [0.25, 0.3) is 0 Å². The van der Waals surface area contributed by atoms with Gasteiger partial charge in [0.05, 0.1) is 13.1 Å². The summed E-state index contributed by atoms with van der Waals surface area (Å²) in [6.45, 7) is 0.299. The Morgan fingerprint density at radius 3 is 2.52 bits per heavy atom. The van der Waals surface area contributed by atoms with Crippen LogP contribution in [0.2, 0.25) is 0 Å². The first-order valence-electron chi connectivity index (χ1n) is 5.87. The van der Waals surface area contributed by atoms with Gasteiger partial charge in [-0.15, -0.1) is 0 Å². The van der Waals surface area contributed by atoms with E-state index in [0.29, 0.717) is 4.67 Å². The molecule has 0 saturated carbocycles. The van der Waals surface area contributed by atoms with Crippen LogP contribution < -0.4 is 5.32 Å². The number of amides is 2. The number of furan rings is 1. The number of likely N-dealkylation sites (N-methyl/N-ethyl adjacent to an activating group) is 1. The highest BCUT2D eigenvalue weighted by Gasteiger charge is 2.30. The first kappa shape index (κ1) is 17.2. The van der Waals surface area contributed by atoms with Crippen molar-refractivity contribution in [1.29, 1.82) is 0 Å². The minimum absolute atomic E-state index is 0.0645. The normalized spacial score (nSPS) is 13.3. The molecule has 1 atom stereocenters. The summed E-state index contributed by atoms with van der Waals surface area (Å²) in [7, 11) is 1.40. The van der Waals surface area contributed by atoms with Gasteiger partial charge in [-0.3, -0.25) is 9.59 Å². The fraction of sp³-hybridized carbons (Fsp3) is 0.417. The zero-order valence-corrected chi connectivity index (χ0v) is 13.0. The molecule has 2 amide bonds. The standard InChI is InChI=1S/C12H15BrN2O6/c1-12(20,11(18)19)6-14-9(16)5-15(2)10(17)7-3-4-8(13)21-7/h3-4,20H,5-6H2,1-2H3,(H,14,16)(H,18,19). The molecule has 0 aromatic carbocycles. The van der Waals surface area contributed by atoms with Crippen molar-refractivity contribution >= 4 is 33.7 Å². The summed E-state index contributed by atoms with van der Waals surface area (Å²) in [5.41, 5.74) is -2.07. The van der Waals surface area contributed by atoms with Gasteiger partial charge >= 0.3 is 5.97 Å². The predicted molar refractivity (Wildman–Crippen MR) is 74.6 cm³/mol. The van der Waals surface area contributed by atoms with Crippen molar-refractivity contribution in [3.05, 3.63) is 22.6 Å². The Kier molecular flexibility index (Phi) is 5.50. The first-order valence-corrected chi connectivity index (χ1v) is 6.66. The Morgan fingerprint density at radius 1 is 1.43 bits per heavy atom. The second-order valence-electron chi connectivity index (χ2n) is 4.62. The van der Waals surface area contributed by atoms with Crippen LogP contribution >= 0.6 is 15.9 Å². The predicted octanol–water partition coefficient (Wildman–Crippen LogP) is 0.0659. The van der Waals surface area contributed by atoms with Crippen molar-refractivity contribution in [3.63, 3.8) is 0 Å². The maximum absolute atomic E-state index is 11.9. The van der Waals surface area contributed by atoms with Crippen LogP contribution in [0, 0.1) is 0 Å². The molecule has 8 nitrogen and oxygen atoms in total. The van der Waals surface area contributed by atoms with Crippen LogP contribution in [-0.4, -0.2) is 58.6 Å². The van der Waals surface area contributed by atoms with E-state index in [2.05, 4.69) is 21.2 Å². The molecule has 0 aliphatic carbocycles. The summed E-state index contributed by atoms with van der Waals surface area (Å²) < 4.78 is 5.46. The van der Waals surface area contributed by atoms with Crippen LogP contribution in [0.5, 0.6) is 0 Å². The number of nitrogens with zero attached hydrogens (tertiary/aromatic N) is 1. The molecule has 0 fully saturated rings. The zero-order chi connectivity index (χ0) is 16.2. The van der Waals surface area contributed by atoms with E-state index >= 15 is 0 Å². The molecule has 0 bridgehead atoms. The van der Waals surface area contributed by atoms with Gasteiger partial charge < -0.3 is 24.8 Å². The number of carbonyl (C=O) groups excluding carboxylic acids is 2. The molecular formula is C12H15BrN2O6. The van der Waals surface area contributed by atoms with Crippen LogP contribution in [0.15, 0.2) is 21.2 Å². The van der Waals surface area contributed by atoms with E-state index in [1.165, 1.54) is 13.1 Å².